The second-order valence-corrected chi connectivity index (χ2v) is 4.64. The van der Waals surface area contributed by atoms with Gasteiger partial charge in [0, 0.05) is 12.6 Å². The van der Waals surface area contributed by atoms with Crippen LogP contribution in [0.1, 0.15) is 11.1 Å². The smallest absolute Gasteiger partial charge is 0.293 e. The van der Waals surface area contributed by atoms with Crippen LogP contribution in [-0.4, -0.2) is 11.7 Å². The van der Waals surface area contributed by atoms with Crippen molar-refractivity contribution >= 4 is 11.4 Å². The van der Waals surface area contributed by atoms with Gasteiger partial charge in [-0.2, -0.15) is 5.26 Å². The first-order valence-corrected chi connectivity index (χ1v) is 6.48. The van der Waals surface area contributed by atoms with E-state index < -0.39 is 4.92 Å². The number of nitriles is 1. The Balaban J connectivity index is 1.79. The number of nitro benzene ring substituents is 1. The van der Waals surface area contributed by atoms with Gasteiger partial charge in [-0.25, -0.2) is 0 Å². The minimum absolute atomic E-state index is 0.125. The van der Waals surface area contributed by atoms with Crippen LogP contribution in [0.3, 0.4) is 0 Å². The van der Waals surface area contributed by atoms with Gasteiger partial charge >= 0.3 is 0 Å². The summed E-state index contributed by atoms with van der Waals surface area (Å²) in [7, 11) is 0. The van der Waals surface area contributed by atoms with Crippen molar-refractivity contribution < 1.29 is 14.4 Å². The predicted octanol–water partition coefficient (Wildman–Crippen LogP) is 2.81. The Labute approximate surface area is 125 Å². The van der Waals surface area contributed by atoms with E-state index in [1.165, 1.54) is 18.2 Å². The first-order chi connectivity index (χ1) is 10.7. The fourth-order valence-electron chi connectivity index (χ4n) is 2.15. The average molecular weight is 297 g/mol. The van der Waals surface area contributed by atoms with Crippen molar-refractivity contribution in [1.29, 1.82) is 5.26 Å². The first kappa shape index (κ1) is 13.7. The third-order valence-electron chi connectivity index (χ3n) is 3.24. The SMILES string of the molecule is N#Cc1ccc(NCc2ccc3c(c2)OCO3)c([N+](=O)[O-])c1. The van der Waals surface area contributed by atoms with Gasteiger partial charge in [0.2, 0.25) is 6.79 Å². The number of nitrogens with zero attached hydrogens (tertiary/aromatic N) is 2. The molecule has 2 aromatic rings. The molecular formula is C15H11N3O4. The van der Waals surface area contributed by atoms with Gasteiger partial charge in [0.05, 0.1) is 16.6 Å². The van der Waals surface area contributed by atoms with Crippen molar-refractivity contribution in [1.82, 2.24) is 0 Å². The van der Waals surface area contributed by atoms with Crippen molar-refractivity contribution in [2.75, 3.05) is 12.1 Å². The summed E-state index contributed by atoms with van der Waals surface area (Å²) >= 11 is 0. The van der Waals surface area contributed by atoms with Crippen LogP contribution in [0, 0.1) is 21.4 Å². The average Bonchev–Trinajstić information content (AvgIpc) is 3.00. The highest BCUT2D eigenvalue weighted by molar-refractivity contribution is 5.64. The van der Waals surface area contributed by atoms with Crippen molar-refractivity contribution in [3.63, 3.8) is 0 Å². The van der Waals surface area contributed by atoms with E-state index in [0.717, 1.165) is 5.56 Å². The molecule has 0 aromatic heterocycles. The van der Waals surface area contributed by atoms with E-state index in [1.54, 1.807) is 6.07 Å². The van der Waals surface area contributed by atoms with Gasteiger partial charge < -0.3 is 14.8 Å². The number of hydrogen-bond donors (Lipinski definition) is 1. The molecule has 0 saturated heterocycles. The molecule has 2 aromatic carbocycles. The standard InChI is InChI=1S/C15H11N3O4/c16-7-10-1-3-12(13(5-10)18(19)20)17-8-11-2-4-14-15(6-11)22-9-21-14/h1-6,17H,8-9H2. The maximum Gasteiger partial charge on any atom is 0.293 e. The lowest BCUT2D eigenvalue weighted by atomic mass is 10.1. The lowest BCUT2D eigenvalue weighted by Crippen LogP contribution is -2.03. The topological polar surface area (TPSA) is 97.4 Å². The van der Waals surface area contributed by atoms with Crippen LogP contribution in [0.15, 0.2) is 36.4 Å². The zero-order valence-corrected chi connectivity index (χ0v) is 11.4. The van der Waals surface area contributed by atoms with E-state index in [9.17, 15) is 10.1 Å². The molecule has 0 saturated carbocycles. The number of ether oxygens (including phenoxy) is 2. The zero-order chi connectivity index (χ0) is 15.5. The molecule has 110 valence electrons. The normalized spacial score (nSPS) is 11.8. The van der Waals surface area contributed by atoms with E-state index in [2.05, 4.69) is 5.32 Å². The molecule has 0 spiro atoms. The molecule has 0 bridgehead atoms. The van der Waals surface area contributed by atoms with Crippen LogP contribution in [0.2, 0.25) is 0 Å². The molecule has 0 aliphatic carbocycles. The van der Waals surface area contributed by atoms with E-state index >= 15 is 0 Å². The Hall–Kier alpha value is -3.27. The van der Waals surface area contributed by atoms with Crippen molar-refractivity contribution in [3.8, 4) is 17.6 Å². The van der Waals surface area contributed by atoms with Crippen LogP contribution in [0.4, 0.5) is 11.4 Å². The number of anilines is 1. The fraction of sp³-hybridized carbons (Fsp3) is 0.133. The summed E-state index contributed by atoms with van der Waals surface area (Å²) in [5.74, 6) is 1.35. The summed E-state index contributed by atoms with van der Waals surface area (Å²) in [6, 6.07) is 11.7. The Morgan fingerprint density at radius 1 is 1.23 bits per heavy atom. The van der Waals surface area contributed by atoms with Gasteiger partial charge in [-0.05, 0) is 29.8 Å². The van der Waals surface area contributed by atoms with Crippen LogP contribution < -0.4 is 14.8 Å². The van der Waals surface area contributed by atoms with Gasteiger partial charge in [0.1, 0.15) is 5.69 Å². The highest BCUT2D eigenvalue weighted by Gasteiger charge is 2.16. The van der Waals surface area contributed by atoms with Crippen molar-refractivity contribution in [2.24, 2.45) is 0 Å². The quantitative estimate of drug-likeness (QED) is 0.688. The van der Waals surface area contributed by atoms with Gasteiger partial charge in [0.25, 0.3) is 5.69 Å². The summed E-state index contributed by atoms with van der Waals surface area (Å²) in [4.78, 5) is 10.6. The number of nitro groups is 1. The lowest BCUT2D eigenvalue weighted by Gasteiger charge is -2.08. The summed E-state index contributed by atoms with van der Waals surface area (Å²) in [6.07, 6.45) is 0. The predicted molar refractivity (Wildman–Crippen MR) is 77.7 cm³/mol. The second-order valence-electron chi connectivity index (χ2n) is 4.64. The lowest BCUT2D eigenvalue weighted by molar-refractivity contribution is -0.384. The van der Waals surface area contributed by atoms with Crippen LogP contribution in [0.25, 0.3) is 0 Å². The molecule has 0 radical (unpaired) electrons. The number of hydrogen-bond acceptors (Lipinski definition) is 6. The third-order valence-corrected chi connectivity index (χ3v) is 3.24. The van der Waals surface area contributed by atoms with Gasteiger partial charge in [-0.15, -0.1) is 0 Å². The molecule has 1 N–H and O–H groups in total. The largest absolute Gasteiger partial charge is 0.454 e. The Kier molecular flexibility index (Phi) is 3.50. The van der Waals surface area contributed by atoms with Gasteiger partial charge in [0.15, 0.2) is 11.5 Å². The Morgan fingerprint density at radius 2 is 2.05 bits per heavy atom. The summed E-state index contributed by atoms with van der Waals surface area (Å²) in [5, 5.41) is 22.9. The van der Waals surface area contributed by atoms with Crippen molar-refractivity contribution in [2.45, 2.75) is 6.54 Å². The second kappa shape index (κ2) is 5.61. The van der Waals surface area contributed by atoms with E-state index in [0.29, 0.717) is 23.7 Å². The first-order valence-electron chi connectivity index (χ1n) is 6.48. The van der Waals surface area contributed by atoms with Crippen LogP contribution in [-0.2, 0) is 6.54 Å². The van der Waals surface area contributed by atoms with E-state index in [4.69, 9.17) is 14.7 Å². The van der Waals surface area contributed by atoms with Crippen LogP contribution in [0.5, 0.6) is 11.5 Å². The van der Waals surface area contributed by atoms with Gasteiger partial charge in [-0.3, -0.25) is 10.1 Å². The molecule has 1 aliphatic rings. The highest BCUT2D eigenvalue weighted by Crippen LogP contribution is 2.33. The molecule has 7 heteroatoms. The summed E-state index contributed by atoms with van der Waals surface area (Å²) < 4.78 is 10.5. The maximum absolute atomic E-state index is 11.1. The molecule has 0 unspecified atom stereocenters. The molecule has 1 aliphatic heterocycles. The Morgan fingerprint density at radius 3 is 2.82 bits per heavy atom. The monoisotopic (exact) mass is 297 g/mol. The highest BCUT2D eigenvalue weighted by atomic mass is 16.7. The molecule has 22 heavy (non-hydrogen) atoms. The van der Waals surface area contributed by atoms with Crippen molar-refractivity contribution in [3.05, 3.63) is 57.6 Å². The number of nitrogens with one attached hydrogen (secondary N) is 1. The zero-order valence-electron chi connectivity index (χ0n) is 11.4. The minimum Gasteiger partial charge on any atom is -0.454 e. The van der Waals surface area contributed by atoms with E-state index in [1.807, 2.05) is 18.2 Å². The minimum atomic E-state index is -0.511. The molecule has 0 fully saturated rings. The molecule has 7 nitrogen and oxygen atoms in total. The summed E-state index contributed by atoms with van der Waals surface area (Å²) in [6.45, 7) is 0.594. The Bertz CT molecular complexity index is 783. The molecule has 3 rings (SSSR count). The maximum atomic E-state index is 11.1. The molecule has 1 heterocycles. The number of benzene rings is 2. The van der Waals surface area contributed by atoms with Gasteiger partial charge in [-0.1, -0.05) is 6.07 Å². The number of fused-ring (bicyclic) bond motifs is 1. The van der Waals surface area contributed by atoms with E-state index in [-0.39, 0.29) is 18.0 Å². The third kappa shape index (κ3) is 2.62. The summed E-state index contributed by atoms with van der Waals surface area (Å²) in [5.41, 5.74) is 1.39. The number of rotatable bonds is 4. The molecular weight excluding hydrogens is 286 g/mol. The fourth-order valence-corrected chi connectivity index (χ4v) is 2.15. The molecule has 0 atom stereocenters. The molecule has 0 amide bonds. The van der Waals surface area contributed by atoms with Crippen LogP contribution >= 0.6 is 0 Å².